The molecule has 5 heteroatoms. The molecule has 3 rings (SSSR count). The fourth-order valence-electron chi connectivity index (χ4n) is 3.26. The van der Waals surface area contributed by atoms with Gasteiger partial charge in [-0.3, -0.25) is 19.5 Å². The van der Waals surface area contributed by atoms with E-state index in [1.165, 1.54) is 4.90 Å². The molecule has 0 spiro atoms. The molecule has 0 atom stereocenters. The van der Waals surface area contributed by atoms with Crippen LogP contribution in [-0.2, 0) is 16.0 Å². The largest absolute Gasteiger partial charge is 0.366 e. The Balaban J connectivity index is 1.97. The molecule has 1 aliphatic rings. The van der Waals surface area contributed by atoms with Crippen molar-refractivity contribution in [1.29, 1.82) is 0 Å². The molecule has 2 heterocycles. The van der Waals surface area contributed by atoms with Gasteiger partial charge in [0.1, 0.15) is 5.70 Å². The number of carbonyl (C=O) groups is 2. The number of benzene rings is 1. The Labute approximate surface area is 159 Å². The predicted molar refractivity (Wildman–Crippen MR) is 105 cm³/mol. The van der Waals surface area contributed by atoms with Crippen molar-refractivity contribution in [1.82, 2.24) is 14.8 Å². The summed E-state index contributed by atoms with van der Waals surface area (Å²) in [7, 11) is 0. The van der Waals surface area contributed by atoms with Gasteiger partial charge >= 0.3 is 0 Å². The molecule has 27 heavy (non-hydrogen) atoms. The minimum Gasteiger partial charge on any atom is -0.366 e. The summed E-state index contributed by atoms with van der Waals surface area (Å²) in [6.07, 6.45) is 5.87. The van der Waals surface area contributed by atoms with Crippen molar-refractivity contribution in [2.75, 3.05) is 19.6 Å². The van der Waals surface area contributed by atoms with E-state index >= 15 is 0 Å². The number of rotatable bonds is 8. The molecule has 0 radical (unpaired) electrons. The molecule has 0 N–H and O–H groups in total. The van der Waals surface area contributed by atoms with Gasteiger partial charge < -0.3 is 4.90 Å². The van der Waals surface area contributed by atoms with E-state index in [1.807, 2.05) is 54.3 Å². The zero-order valence-electron chi connectivity index (χ0n) is 15.5. The molecular weight excluding hydrogens is 338 g/mol. The maximum Gasteiger partial charge on any atom is 0.278 e. The fraction of sp³-hybridized carbons (Fsp3) is 0.227. The summed E-state index contributed by atoms with van der Waals surface area (Å²) < 4.78 is 0. The van der Waals surface area contributed by atoms with Crippen molar-refractivity contribution in [3.8, 4) is 0 Å². The molecule has 1 aromatic heterocycles. The van der Waals surface area contributed by atoms with Crippen LogP contribution >= 0.6 is 0 Å². The molecular formula is C22H23N3O2. The lowest BCUT2D eigenvalue weighted by molar-refractivity contribution is -0.136. The first-order valence-corrected chi connectivity index (χ1v) is 9.08. The summed E-state index contributed by atoms with van der Waals surface area (Å²) in [6, 6.07) is 13.3. The van der Waals surface area contributed by atoms with Crippen molar-refractivity contribution >= 4 is 17.4 Å². The van der Waals surface area contributed by atoms with Gasteiger partial charge in [-0.25, -0.2) is 0 Å². The van der Waals surface area contributed by atoms with E-state index in [-0.39, 0.29) is 18.4 Å². The lowest BCUT2D eigenvalue weighted by Gasteiger charge is -2.24. The maximum absolute atomic E-state index is 13.0. The Morgan fingerprint density at radius 1 is 1.07 bits per heavy atom. The standard InChI is InChI=1S/C22H23N3O2/c1-3-15-25-21(26)19(18-8-6-5-7-9-18)20(22(25)27)24(4-2)16-12-17-10-13-23-14-11-17/h3,5-11,13-14H,1,4,12,15-16H2,2H3. The zero-order chi connectivity index (χ0) is 19.2. The molecule has 0 saturated carbocycles. The normalized spacial score (nSPS) is 14.0. The van der Waals surface area contributed by atoms with Gasteiger partial charge in [-0.15, -0.1) is 6.58 Å². The third-order valence-corrected chi connectivity index (χ3v) is 4.64. The van der Waals surface area contributed by atoms with Crippen molar-refractivity contribution in [2.45, 2.75) is 13.3 Å². The van der Waals surface area contributed by atoms with Gasteiger partial charge in [0.15, 0.2) is 0 Å². The van der Waals surface area contributed by atoms with Crippen LogP contribution in [0.1, 0.15) is 18.1 Å². The first kappa shape index (κ1) is 18.6. The van der Waals surface area contributed by atoms with E-state index in [1.54, 1.807) is 18.5 Å². The molecule has 138 valence electrons. The molecule has 0 aliphatic carbocycles. The number of nitrogens with zero attached hydrogens (tertiary/aromatic N) is 3. The third-order valence-electron chi connectivity index (χ3n) is 4.64. The number of likely N-dealkylation sites (N-methyl/N-ethyl adjacent to an activating group) is 1. The number of aromatic nitrogens is 1. The Morgan fingerprint density at radius 2 is 1.78 bits per heavy atom. The number of carbonyl (C=O) groups excluding carboxylic acids is 2. The molecule has 0 unspecified atom stereocenters. The van der Waals surface area contributed by atoms with Crippen LogP contribution in [0.15, 0.2) is 73.2 Å². The summed E-state index contributed by atoms with van der Waals surface area (Å²) in [6.45, 7) is 7.16. The zero-order valence-corrected chi connectivity index (χ0v) is 15.5. The van der Waals surface area contributed by atoms with E-state index in [0.29, 0.717) is 24.4 Å². The van der Waals surface area contributed by atoms with Crippen LogP contribution in [0, 0.1) is 0 Å². The van der Waals surface area contributed by atoms with Crippen LogP contribution in [0.5, 0.6) is 0 Å². The topological polar surface area (TPSA) is 53.5 Å². The molecule has 2 aromatic rings. The quantitative estimate of drug-likeness (QED) is 0.536. The Bertz CT molecular complexity index is 860. The van der Waals surface area contributed by atoms with Crippen LogP contribution < -0.4 is 0 Å². The fourth-order valence-corrected chi connectivity index (χ4v) is 3.26. The van der Waals surface area contributed by atoms with Crippen molar-refractivity contribution < 1.29 is 9.59 Å². The first-order chi connectivity index (χ1) is 13.2. The minimum absolute atomic E-state index is 0.208. The van der Waals surface area contributed by atoms with E-state index in [2.05, 4.69) is 11.6 Å². The predicted octanol–water partition coefficient (Wildman–Crippen LogP) is 2.91. The summed E-state index contributed by atoms with van der Waals surface area (Å²) in [5, 5.41) is 0. The van der Waals surface area contributed by atoms with Crippen LogP contribution in [0.4, 0.5) is 0 Å². The Kier molecular flexibility index (Phi) is 5.81. The van der Waals surface area contributed by atoms with Crippen LogP contribution in [0.2, 0.25) is 0 Å². The van der Waals surface area contributed by atoms with Gasteiger partial charge in [-0.1, -0.05) is 36.4 Å². The van der Waals surface area contributed by atoms with Crippen LogP contribution in [0.25, 0.3) is 5.57 Å². The van der Waals surface area contributed by atoms with Crippen LogP contribution in [0.3, 0.4) is 0 Å². The lowest BCUT2D eigenvalue weighted by Crippen LogP contribution is -2.36. The van der Waals surface area contributed by atoms with Gasteiger partial charge in [-0.2, -0.15) is 0 Å². The van der Waals surface area contributed by atoms with Crippen molar-refractivity contribution in [3.63, 3.8) is 0 Å². The summed E-state index contributed by atoms with van der Waals surface area (Å²) in [5.74, 6) is -0.515. The Hall–Kier alpha value is -3.21. The second-order valence-corrected chi connectivity index (χ2v) is 6.28. The number of pyridine rings is 1. The van der Waals surface area contributed by atoms with E-state index in [9.17, 15) is 9.59 Å². The van der Waals surface area contributed by atoms with Crippen LogP contribution in [-0.4, -0.2) is 46.2 Å². The second kappa shape index (κ2) is 8.45. The summed E-state index contributed by atoms with van der Waals surface area (Å²) in [4.78, 5) is 33.3. The summed E-state index contributed by atoms with van der Waals surface area (Å²) in [5.41, 5.74) is 2.86. The van der Waals surface area contributed by atoms with Gasteiger partial charge in [-0.05, 0) is 36.6 Å². The minimum atomic E-state index is -0.261. The number of hydrogen-bond acceptors (Lipinski definition) is 4. The van der Waals surface area contributed by atoms with E-state index in [4.69, 9.17) is 0 Å². The number of hydrogen-bond donors (Lipinski definition) is 0. The molecule has 0 bridgehead atoms. The van der Waals surface area contributed by atoms with Crippen molar-refractivity contribution in [3.05, 3.63) is 84.3 Å². The van der Waals surface area contributed by atoms with E-state index in [0.717, 1.165) is 17.5 Å². The molecule has 1 aliphatic heterocycles. The molecule has 0 fully saturated rings. The average molecular weight is 361 g/mol. The van der Waals surface area contributed by atoms with E-state index < -0.39 is 0 Å². The average Bonchev–Trinajstić information content (AvgIpc) is 2.95. The summed E-state index contributed by atoms with van der Waals surface area (Å²) >= 11 is 0. The lowest BCUT2D eigenvalue weighted by atomic mass is 10.0. The smallest absolute Gasteiger partial charge is 0.278 e. The highest BCUT2D eigenvalue weighted by Gasteiger charge is 2.40. The molecule has 2 amide bonds. The molecule has 5 nitrogen and oxygen atoms in total. The monoisotopic (exact) mass is 361 g/mol. The Morgan fingerprint density at radius 3 is 2.41 bits per heavy atom. The maximum atomic E-state index is 13.0. The molecule has 1 aromatic carbocycles. The van der Waals surface area contributed by atoms with Gasteiger partial charge in [0.25, 0.3) is 11.8 Å². The molecule has 0 saturated heterocycles. The van der Waals surface area contributed by atoms with Gasteiger partial charge in [0, 0.05) is 32.0 Å². The number of amides is 2. The number of imide groups is 1. The first-order valence-electron chi connectivity index (χ1n) is 9.08. The SMILES string of the molecule is C=CCN1C(=O)C(c2ccccc2)=C(N(CC)CCc2ccncc2)C1=O. The second-order valence-electron chi connectivity index (χ2n) is 6.28. The van der Waals surface area contributed by atoms with Gasteiger partial charge in [0.05, 0.1) is 5.57 Å². The highest BCUT2D eigenvalue weighted by molar-refractivity contribution is 6.35. The van der Waals surface area contributed by atoms with Gasteiger partial charge in [0.2, 0.25) is 0 Å². The highest BCUT2D eigenvalue weighted by atomic mass is 16.2. The highest BCUT2D eigenvalue weighted by Crippen LogP contribution is 2.31. The third kappa shape index (κ3) is 3.82. The van der Waals surface area contributed by atoms with Crippen molar-refractivity contribution in [2.24, 2.45) is 0 Å².